The Morgan fingerprint density at radius 1 is 1.12 bits per heavy atom. The number of hydrazine groups is 1. The number of nitrogens with one attached hydrogen (secondary N) is 4. The van der Waals surface area contributed by atoms with Crippen LogP contribution >= 0.6 is 0 Å². The van der Waals surface area contributed by atoms with Crippen molar-refractivity contribution in [3.63, 3.8) is 0 Å². The fourth-order valence-electron chi connectivity index (χ4n) is 2.31. The standard InChI is InChI=1S/C18H18N4O4/c1-11-2-5-13(6-3-11)19-9-16(23)21-22-18(25)12-4-7-14-15(8-12)26-10-17(24)20-14/h2-8,19H,9-10H2,1H3,(H,20,24)(H,21,23)(H,22,25). The number of hydrogen-bond donors (Lipinski definition) is 4. The number of carbonyl (C=O) groups excluding carboxylic acids is 3. The van der Waals surface area contributed by atoms with Gasteiger partial charge in [-0.25, -0.2) is 0 Å². The average molecular weight is 354 g/mol. The molecule has 0 spiro atoms. The Hall–Kier alpha value is -3.55. The van der Waals surface area contributed by atoms with E-state index in [1.54, 1.807) is 6.07 Å². The molecule has 26 heavy (non-hydrogen) atoms. The van der Waals surface area contributed by atoms with Gasteiger partial charge in [0.1, 0.15) is 5.75 Å². The summed E-state index contributed by atoms with van der Waals surface area (Å²) in [6.07, 6.45) is 0. The molecule has 0 aliphatic carbocycles. The Kier molecular flexibility index (Phi) is 5.02. The minimum absolute atomic E-state index is 0.0165. The van der Waals surface area contributed by atoms with Crippen molar-refractivity contribution in [2.45, 2.75) is 6.92 Å². The summed E-state index contributed by atoms with van der Waals surface area (Å²) in [5, 5.41) is 5.59. The zero-order valence-electron chi connectivity index (χ0n) is 14.1. The Morgan fingerprint density at radius 3 is 2.65 bits per heavy atom. The highest BCUT2D eigenvalue weighted by atomic mass is 16.5. The van der Waals surface area contributed by atoms with Crippen molar-refractivity contribution in [1.29, 1.82) is 0 Å². The molecule has 8 nitrogen and oxygen atoms in total. The second-order valence-corrected chi connectivity index (χ2v) is 5.77. The first-order chi connectivity index (χ1) is 12.5. The van der Waals surface area contributed by atoms with Crippen LogP contribution in [0.1, 0.15) is 15.9 Å². The minimum atomic E-state index is -0.489. The van der Waals surface area contributed by atoms with Crippen LogP contribution in [0.15, 0.2) is 42.5 Å². The summed E-state index contributed by atoms with van der Waals surface area (Å²) < 4.78 is 5.26. The Morgan fingerprint density at radius 2 is 1.88 bits per heavy atom. The quantitative estimate of drug-likeness (QED) is 0.617. The lowest BCUT2D eigenvalue weighted by Crippen LogP contribution is -2.44. The second-order valence-electron chi connectivity index (χ2n) is 5.77. The molecule has 134 valence electrons. The Balaban J connectivity index is 1.49. The number of carbonyl (C=O) groups is 3. The normalized spacial score (nSPS) is 12.3. The van der Waals surface area contributed by atoms with Crippen molar-refractivity contribution in [3.05, 3.63) is 53.6 Å². The van der Waals surface area contributed by atoms with Crippen LogP contribution < -0.4 is 26.2 Å². The average Bonchev–Trinajstić information content (AvgIpc) is 2.65. The zero-order chi connectivity index (χ0) is 18.5. The van der Waals surface area contributed by atoms with Crippen LogP contribution in [-0.4, -0.2) is 30.9 Å². The van der Waals surface area contributed by atoms with Crippen LogP contribution in [-0.2, 0) is 9.59 Å². The van der Waals surface area contributed by atoms with Gasteiger partial charge >= 0.3 is 0 Å². The fraction of sp³-hybridized carbons (Fsp3) is 0.167. The molecule has 1 aliphatic heterocycles. The highest BCUT2D eigenvalue weighted by Gasteiger charge is 2.18. The Bertz CT molecular complexity index is 849. The van der Waals surface area contributed by atoms with Gasteiger partial charge in [-0.3, -0.25) is 25.2 Å². The molecule has 0 unspecified atom stereocenters. The molecule has 0 fully saturated rings. The molecular formula is C18H18N4O4. The summed E-state index contributed by atoms with van der Waals surface area (Å²) >= 11 is 0. The third-order valence-corrected chi connectivity index (χ3v) is 3.70. The number of benzene rings is 2. The summed E-state index contributed by atoms with van der Waals surface area (Å²) in [4.78, 5) is 35.2. The maximum atomic E-state index is 12.1. The third kappa shape index (κ3) is 4.29. The highest BCUT2D eigenvalue weighted by Crippen LogP contribution is 2.28. The van der Waals surface area contributed by atoms with Gasteiger partial charge in [-0.2, -0.15) is 0 Å². The molecule has 0 atom stereocenters. The van der Waals surface area contributed by atoms with Gasteiger partial charge in [0.2, 0.25) is 0 Å². The maximum absolute atomic E-state index is 12.1. The van der Waals surface area contributed by atoms with Crippen LogP contribution in [0.4, 0.5) is 11.4 Å². The largest absolute Gasteiger partial charge is 0.482 e. The number of amides is 3. The van der Waals surface area contributed by atoms with Gasteiger partial charge in [0.05, 0.1) is 12.2 Å². The predicted molar refractivity (Wildman–Crippen MR) is 95.8 cm³/mol. The van der Waals surface area contributed by atoms with Crippen molar-refractivity contribution in [2.75, 3.05) is 23.8 Å². The molecule has 2 aromatic carbocycles. The molecule has 1 aliphatic rings. The smallest absolute Gasteiger partial charge is 0.269 e. The molecular weight excluding hydrogens is 336 g/mol. The molecule has 1 heterocycles. The van der Waals surface area contributed by atoms with Crippen LogP contribution in [0.25, 0.3) is 0 Å². The first-order valence-electron chi connectivity index (χ1n) is 7.98. The molecule has 3 rings (SSSR count). The lowest BCUT2D eigenvalue weighted by atomic mass is 10.1. The van der Waals surface area contributed by atoms with Crippen LogP contribution in [0.2, 0.25) is 0 Å². The van der Waals surface area contributed by atoms with Crippen LogP contribution in [0.3, 0.4) is 0 Å². The van der Waals surface area contributed by atoms with Gasteiger partial charge in [-0.1, -0.05) is 17.7 Å². The SMILES string of the molecule is Cc1ccc(NCC(=O)NNC(=O)c2ccc3c(c2)OCC(=O)N3)cc1. The van der Waals surface area contributed by atoms with Gasteiger partial charge in [-0.05, 0) is 37.3 Å². The van der Waals surface area contributed by atoms with Crippen LogP contribution in [0, 0.1) is 6.92 Å². The predicted octanol–water partition coefficient (Wildman–Crippen LogP) is 1.20. The van der Waals surface area contributed by atoms with E-state index in [1.807, 2.05) is 31.2 Å². The molecule has 0 bridgehead atoms. The topological polar surface area (TPSA) is 109 Å². The molecule has 0 saturated heterocycles. The van der Waals surface area contributed by atoms with E-state index in [4.69, 9.17) is 4.74 Å². The van der Waals surface area contributed by atoms with E-state index in [1.165, 1.54) is 12.1 Å². The third-order valence-electron chi connectivity index (χ3n) is 3.70. The molecule has 0 aromatic heterocycles. The van der Waals surface area contributed by atoms with E-state index in [0.717, 1.165) is 11.3 Å². The lowest BCUT2D eigenvalue weighted by Gasteiger charge is -2.18. The van der Waals surface area contributed by atoms with Crippen molar-refractivity contribution < 1.29 is 19.1 Å². The summed E-state index contributed by atoms with van der Waals surface area (Å²) in [7, 11) is 0. The number of fused-ring (bicyclic) bond motifs is 1. The molecule has 4 N–H and O–H groups in total. The van der Waals surface area contributed by atoms with Crippen molar-refractivity contribution in [2.24, 2.45) is 0 Å². The zero-order valence-corrected chi connectivity index (χ0v) is 14.1. The van der Waals surface area contributed by atoms with Crippen LogP contribution in [0.5, 0.6) is 5.75 Å². The second kappa shape index (κ2) is 7.56. The van der Waals surface area contributed by atoms with Crippen molar-refractivity contribution in [1.82, 2.24) is 10.9 Å². The van der Waals surface area contributed by atoms with Crippen molar-refractivity contribution in [3.8, 4) is 5.75 Å². The first kappa shape index (κ1) is 17.3. The summed E-state index contributed by atoms with van der Waals surface area (Å²) in [6, 6.07) is 12.2. The van der Waals surface area contributed by atoms with Crippen molar-refractivity contribution >= 4 is 29.1 Å². The monoisotopic (exact) mass is 354 g/mol. The van der Waals surface area contributed by atoms with E-state index in [2.05, 4.69) is 21.5 Å². The first-order valence-corrected chi connectivity index (χ1v) is 7.98. The Labute approximate surface area is 149 Å². The molecule has 0 saturated carbocycles. The number of anilines is 2. The summed E-state index contributed by atoms with van der Waals surface area (Å²) in [5.41, 5.74) is 7.42. The van der Waals surface area contributed by atoms with Gasteiger partial charge in [0, 0.05) is 11.3 Å². The van der Waals surface area contributed by atoms with E-state index in [9.17, 15) is 14.4 Å². The van der Waals surface area contributed by atoms with E-state index < -0.39 is 5.91 Å². The number of aryl methyl sites for hydroxylation is 1. The number of hydrogen-bond acceptors (Lipinski definition) is 5. The minimum Gasteiger partial charge on any atom is -0.482 e. The van der Waals surface area contributed by atoms with E-state index in [-0.39, 0.29) is 25.0 Å². The van der Waals surface area contributed by atoms with E-state index in [0.29, 0.717) is 17.0 Å². The molecule has 0 radical (unpaired) electrons. The summed E-state index contributed by atoms with van der Waals surface area (Å²) in [5.74, 6) is -0.718. The lowest BCUT2D eigenvalue weighted by molar-refractivity contribution is -0.120. The highest BCUT2D eigenvalue weighted by molar-refractivity contribution is 5.99. The summed E-state index contributed by atoms with van der Waals surface area (Å²) in [6.45, 7) is 1.90. The molecule has 3 amide bonds. The van der Waals surface area contributed by atoms with E-state index >= 15 is 0 Å². The number of rotatable bonds is 4. The van der Waals surface area contributed by atoms with Gasteiger partial charge < -0.3 is 15.4 Å². The molecule has 2 aromatic rings. The maximum Gasteiger partial charge on any atom is 0.269 e. The van der Waals surface area contributed by atoms with Gasteiger partial charge in [0.15, 0.2) is 6.61 Å². The van der Waals surface area contributed by atoms with Gasteiger partial charge in [-0.15, -0.1) is 0 Å². The molecule has 8 heteroatoms. The number of ether oxygens (including phenoxy) is 1. The van der Waals surface area contributed by atoms with Gasteiger partial charge in [0.25, 0.3) is 17.7 Å². The fourth-order valence-corrected chi connectivity index (χ4v) is 2.31.